The van der Waals surface area contributed by atoms with Crippen LogP contribution < -0.4 is 15.4 Å². The minimum Gasteiger partial charge on any atom is -0.492 e. The second-order valence-corrected chi connectivity index (χ2v) is 5.66. The first kappa shape index (κ1) is 16.8. The standard InChI is InChI=1S/C20H22N4O/c1-3-25-18-7-5-4-6-17(18)23-20-21-13-12-19(24-20)22-14-16-10-8-15(2)9-11-16/h4-13H,3,14H2,1-2H3,(H2,21,22,23,24). The summed E-state index contributed by atoms with van der Waals surface area (Å²) in [4.78, 5) is 8.80. The Morgan fingerprint density at radius 3 is 2.60 bits per heavy atom. The highest BCUT2D eigenvalue weighted by Crippen LogP contribution is 2.26. The molecule has 128 valence electrons. The van der Waals surface area contributed by atoms with Crippen molar-refractivity contribution in [3.05, 3.63) is 71.9 Å². The Morgan fingerprint density at radius 2 is 1.80 bits per heavy atom. The van der Waals surface area contributed by atoms with Crippen molar-refractivity contribution in [3.8, 4) is 5.75 Å². The highest BCUT2D eigenvalue weighted by atomic mass is 16.5. The Labute approximate surface area is 148 Å². The molecule has 2 N–H and O–H groups in total. The molecule has 3 aromatic rings. The summed E-state index contributed by atoms with van der Waals surface area (Å²) in [7, 11) is 0. The van der Waals surface area contributed by atoms with Crippen LogP contribution in [-0.2, 0) is 6.54 Å². The predicted octanol–water partition coefficient (Wildman–Crippen LogP) is 4.54. The summed E-state index contributed by atoms with van der Waals surface area (Å²) in [6.45, 7) is 5.37. The van der Waals surface area contributed by atoms with Gasteiger partial charge in [0.25, 0.3) is 0 Å². The number of hydrogen-bond acceptors (Lipinski definition) is 5. The molecule has 5 nitrogen and oxygen atoms in total. The molecule has 0 aliphatic heterocycles. The average Bonchev–Trinajstić information content (AvgIpc) is 2.63. The van der Waals surface area contributed by atoms with E-state index in [9.17, 15) is 0 Å². The summed E-state index contributed by atoms with van der Waals surface area (Å²) in [5, 5.41) is 6.54. The van der Waals surface area contributed by atoms with Gasteiger partial charge in [0.2, 0.25) is 5.95 Å². The van der Waals surface area contributed by atoms with Crippen molar-refractivity contribution in [2.75, 3.05) is 17.2 Å². The second-order valence-electron chi connectivity index (χ2n) is 5.66. The summed E-state index contributed by atoms with van der Waals surface area (Å²) in [6, 6.07) is 18.0. The Morgan fingerprint density at radius 1 is 1.00 bits per heavy atom. The lowest BCUT2D eigenvalue weighted by Crippen LogP contribution is -2.05. The topological polar surface area (TPSA) is 59.1 Å². The summed E-state index contributed by atoms with van der Waals surface area (Å²) < 4.78 is 5.62. The number of anilines is 3. The molecule has 0 saturated heterocycles. The average molecular weight is 334 g/mol. The Kier molecular flexibility index (Phi) is 5.46. The summed E-state index contributed by atoms with van der Waals surface area (Å²) >= 11 is 0. The monoisotopic (exact) mass is 334 g/mol. The maximum absolute atomic E-state index is 5.62. The third kappa shape index (κ3) is 4.70. The van der Waals surface area contributed by atoms with Gasteiger partial charge in [-0.15, -0.1) is 0 Å². The number of aromatic nitrogens is 2. The van der Waals surface area contributed by atoms with Gasteiger partial charge >= 0.3 is 0 Å². The van der Waals surface area contributed by atoms with E-state index in [1.807, 2.05) is 37.3 Å². The van der Waals surface area contributed by atoms with Crippen LogP contribution in [0.3, 0.4) is 0 Å². The lowest BCUT2D eigenvalue weighted by molar-refractivity contribution is 0.342. The number of para-hydroxylation sites is 2. The molecule has 5 heteroatoms. The highest BCUT2D eigenvalue weighted by molar-refractivity contribution is 5.62. The molecule has 0 unspecified atom stereocenters. The van der Waals surface area contributed by atoms with E-state index in [4.69, 9.17) is 4.74 Å². The fraction of sp³-hybridized carbons (Fsp3) is 0.200. The first-order valence-corrected chi connectivity index (χ1v) is 8.36. The first-order chi connectivity index (χ1) is 12.2. The number of hydrogen-bond donors (Lipinski definition) is 2. The molecular formula is C20H22N4O. The third-order valence-electron chi connectivity index (χ3n) is 3.68. The Balaban J connectivity index is 1.68. The smallest absolute Gasteiger partial charge is 0.229 e. The molecule has 0 radical (unpaired) electrons. The molecule has 25 heavy (non-hydrogen) atoms. The minimum atomic E-state index is 0.529. The van der Waals surface area contributed by atoms with Gasteiger partial charge < -0.3 is 15.4 Å². The van der Waals surface area contributed by atoms with Gasteiger partial charge in [-0.25, -0.2) is 4.98 Å². The lowest BCUT2D eigenvalue weighted by Gasteiger charge is -2.12. The SMILES string of the molecule is CCOc1ccccc1Nc1nccc(NCc2ccc(C)cc2)n1. The van der Waals surface area contributed by atoms with Crippen molar-refractivity contribution in [2.24, 2.45) is 0 Å². The quantitative estimate of drug-likeness (QED) is 0.664. The minimum absolute atomic E-state index is 0.529. The van der Waals surface area contributed by atoms with Crippen molar-refractivity contribution in [2.45, 2.75) is 20.4 Å². The van der Waals surface area contributed by atoms with E-state index in [1.54, 1.807) is 6.20 Å². The number of ether oxygens (including phenoxy) is 1. The van der Waals surface area contributed by atoms with E-state index >= 15 is 0 Å². The largest absolute Gasteiger partial charge is 0.492 e. The van der Waals surface area contributed by atoms with Gasteiger partial charge in [-0.1, -0.05) is 42.0 Å². The van der Waals surface area contributed by atoms with E-state index in [1.165, 1.54) is 11.1 Å². The van der Waals surface area contributed by atoms with Crippen molar-refractivity contribution in [1.29, 1.82) is 0 Å². The molecule has 0 saturated carbocycles. The molecule has 0 atom stereocenters. The van der Waals surface area contributed by atoms with Gasteiger partial charge in [0.15, 0.2) is 0 Å². The van der Waals surface area contributed by atoms with E-state index in [-0.39, 0.29) is 0 Å². The van der Waals surface area contributed by atoms with Gasteiger partial charge in [0.05, 0.1) is 12.3 Å². The molecular weight excluding hydrogens is 312 g/mol. The molecule has 0 aliphatic rings. The fourth-order valence-electron chi connectivity index (χ4n) is 2.39. The van der Waals surface area contributed by atoms with Crippen LogP contribution in [-0.4, -0.2) is 16.6 Å². The van der Waals surface area contributed by atoms with Gasteiger partial charge in [0.1, 0.15) is 11.6 Å². The molecule has 0 aliphatic carbocycles. The van der Waals surface area contributed by atoms with Crippen LogP contribution in [0.4, 0.5) is 17.5 Å². The Bertz CT molecular complexity index is 818. The maximum Gasteiger partial charge on any atom is 0.229 e. The van der Waals surface area contributed by atoms with Crippen LogP contribution in [0.25, 0.3) is 0 Å². The van der Waals surface area contributed by atoms with Crippen LogP contribution in [0.2, 0.25) is 0 Å². The lowest BCUT2D eigenvalue weighted by atomic mass is 10.1. The van der Waals surface area contributed by atoms with Crippen LogP contribution in [0.1, 0.15) is 18.1 Å². The van der Waals surface area contributed by atoms with Crippen LogP contribution in [0, 0.1) is 6.92 Å². The maximum atomic E-state index is 5.62. The number of nitrogens with zero attached hydrogens (tertiary/aromatic N) is 2. The van der Waals surface area contributed by atoms with Crippen molar-refractivity contribution >= 4 is 17.5 Å². The molecule has 0 bridgehead atoms. The normalized spacial score (nSPS) is 10.3. The molecule has 3 rings (SSSR count). The molecule has 1 aromatic heterocycles. The fourth-order valence-corrected chi connectivity index (χ4v) is 2.39. The summed E-state index contributed by atoms with van der Waals surface area (Å²) in [5.74, 6) is 2.08. The molecule has 0 amide bonds. The van der Waals surface area contributed by atoms with E-state index in [0.717, 1.165) is 17.3 Å². The van der Waals surface area contributed by atoms with Crippen molar-refractivity contribution in [1.82, 2.24) is 9.97 Å². The molecule has 0 fully saturated rings. The van der Waals surface area contributed by atoms with Gasteiger partial charge in [0, 0.05) is 12.7 Å². The van der Waals surface area contributed by atoms with Crippen LogP contribution in [0.5, 0.6) is 5.75 Å². The van der Waals surface area contributed by atoms with E-state index in [0.29, 0.717) is 19.1 Å². The second kappa shape index (κ2) is 8.15. The van der Waals surface area contributed by atoms with E-state index in [2.05, 4.69) is 51.8 Å². The van der Waals surface area contributed by atoms with Crippen molar-refractivity contribution in [3.63, 3.8) is 0 Å². The number of benzene rings is 2. The van der Waals surface area contributed by atoms with Gasteiger partial charge in [-0.05, 0) is 37.6 Å². The zero-order chi connectivity index (χ0) is 17.5. The van der Waals surface area contributed by atoms with Crippen molar-refractivity contribution < 1.29 is 4.74 Å². The third-order valence-corrected chi connectivity index (χ3v) is 3.68. The number of nitrogens with one attached hydrogen (secondary N) is 2. The zero-order valence-corrected chi connectivity index (χ0v) is 14.5. The summed E-state index contributed by atoms with van der Waals surface area (Å²) in [6.07, 6.45) is 1.73. The van der Waals surface area contributed by atoms with Crippen LogP contribution >= 0.6 is 0 Å². The predicted molar refractivity (Wildman–Crippen MR) is 101 cm³/mol. The zero-order valence-electron chi connectivity index (χ0n) is 14.5. The Hall–Kier alpha value is -3.08. The van der Waals surface area contributed by atoms with Crippen LogP contribution in [0.15, 0.2) is 60.8 Å². The molecule has 2 aromatic carbocycles. The van der Waals surface area contributed by atoms with E-state index < -0.39 is 0 Å². The van der Waals surface area contributed by atoms with Gasteiger partial charge in [-0.3, -0.25) is 0 Å². The highest BCUT2D eigenvalue weighted by Gasteiger charge is 2.05. The van der Waals surface area contributed by atoms with Gasteiger partial charge in [-0.2, -0.15) is 4.98 Å². The molecule has 1 heterocycles. The number of aryl methyl sites for hydroxylation is 1. The summed E-state index contributed by atoms with van der Waals surface area (Å²) in [5.41, 5.74) is 3.31. The molecule has 0 spiro atoms. The first-order valence-electron chi connectivity index (χ1n) is 8.36. The number of rotatable bonds is 7.